The molecule has 0 aliphatic carbocycles. The van der Waals surface area contributed by atoms with Crippen LogP contribution in [-0.2, 0) is 16.0 Å². The molecule has 10 nitrogen and oxygen atoms in total. The van der Waals surface area contributed by atoms with E-state index in [1.807, 2.05) is 42.5 Å². The predicted molar refractivity (Wildman–Crippen MR) is 113 cm³/mol. The van der Waals surface area contributed by atoms with E-state index in [0.717, 1.165) is 40.2 Å². The summed E-state index contributed by atoms with van der Waals surface area (Å²) in [7, 11) is 0. The summed E-state index contributed by atoms with van der Waals surface area (Å²) in [5.74, 6) is 0.617. The first-order valence-electron chi connectivity index (χ1n) is 10.2. The Balaban J connectivity index is 1.37. The maximum absolute atomic E-state index is 13.5. The van der Waals surface area contributed by atoms with E-state index in [4.69, 9.17) is 10.5 Å². The number of piperidine rings is 1. The van der Waals surface area contributed by atoms with Crippen molar-refractivity contribution in [2.75, 3.05) is 18.1 Å². The van der Waals surface area contributed by atoms with Crippen molar-refractivity contribution >= 4 is 28.9 Å². The Morgan fingerprint density at radius 3 is 2.75 bits per heavy atom. The number of amides is 2. The van der Waals surface area contributed by atoms with Gasteiger partial charge in [-0.1, -0.05) is 0 Å². The summed E-state index contributed by atoms with van der Waals surface area (Å²) < 4.78 is 7.26. The molecule has 0 bridgehead atoms. The number of carbonyl (C=O) groups excluding carboxylic acids is 2. The minimum Gasteiger partial charge on any atom is -0.493 e. The first kappa shape index (κ1) is 18.4. The molecule has 0 saturated carbocycles. The zero-order chi connectivity index (χ0) is 21.8. The predicted octanol–water partition coefficient (Wildman–Crippen LogP) is 1.08. The molecule has 2 amide bonds. The molecule has 0 unspecified atom stereocenters. The van der Waals surface area contributed by atoms with Crippen molar-refractivity contribution in [2.24, 2.45) is 5.73 Å². The number of H-pyrrole nitrogens is 1. The molecule has 32 heavy (non-hydrogen) atoms. The second-order valence-electron chi connectivity index (χ2n) is 7.75. The topological polar surface area (TPSA) is 130 Å². The molecule has 0 radical (unpaired) electrons. The fraction of sp³-hybridized carbons (Fsp3) is 0.182. The van der Waals surface area contributed by atoms with Crippen molar-refractivity contribution in [2.45, 2.75) is 12.8 Å². The summed E-state index contributed by atoms with van der Waals surface area (Å²) in [6.07, 6.45) is 1.35. The molecule has 158 valence electrons. The van der Waals surface area contributed by atoms with Crippen molar-refractivity contribution in [3.8, 4) is 17.1 Å². The maximum Gasteiger partial charge on any atom is 0.324 e. The molecule has 1 fully saturated rings. The Bertz CT molecular complexity index is 1340. The second-order valence-corrected chi connectivity index (χ2v) is 7.75. The molecule has 10 heteroatoms. The number of hydrogen-bond donors (Lipinski definition) is 2. The number of hydrogen-bond acceptors (Lipinski definition) is 6. The Labute approximate surface area is 182 Å². The van der Waals surface area contributed by atoms with Crippen molar-refractivity contribution in [1.82, 2.24) is 20.6 Å². The summed E-state index contributed by atoms with van der Waals surface area (Å²) in [5, 5.41) is 13.9. The Hall–Kier alpha value is -4.34. The standard InChI is InChI=1S/C22H17N7O3/c23-20(30)18-16-7-9-28(14-3-1-12(2-4-14)21-24-26-27-25-21)22(31)19(16)29(18)15-5-6-17-13(11-15)8-10-32-17/h1-6,11H,7-10H2,(H2-,23,24,25,26,27,30)/p+1. The number of primary amides is 1. The first-order valence-corrected chi connectivity index (χ1v) is 10.2. The molecule has 0 spiro atoms. The zero-order valence-electron chi connectivity index (χ0n) is 16.9. The van der Waals surface area contributed by atoms with E-state index in [1.54, 1.807) is 9.48 Å². The van der Waals surface area contributed by atoms with E-state index in [1.165, 1.54) is 0 Å². The number of nitrogens with zero attached hydrogens (tertiary/aromatic N) is 5. The van der Waals surface area contributed by atoms with Crippen LogP contribution in [0.15, 0.2) is 53.7 Å². The third kappa shape index (κ3) is 2.66. The molecule has 0 atom stereocenters. The summed E-state index contributed by atoms with van der Waals surface area (Å²) in [5.41, 5.74) is 10.6. The minimum absolute atomic E-state index is 0.166. The van der Waals surface area contributed by atoms with E-state index in [9.17, 15) is 9.59 Å². The van der Waals surface area contributed by atoms with Crippen molar-refractivity contribution in [3.05, 3.63) is 59.3 Å². The number of tetrazole rings is 1. The van der Waals surface area contributed by atoms with E-state index in [0.29, 0.717) is 36.8 Å². The van der Waals surface area contributed by atoms with Crippen LogP contribution in [0.1, 0.15) is 12.0 Å². The Kier molecular flexibility index (Phi) is 3.94. The van der Waals surface area contributed by atoms with Gasteiger partial charge in [-0.05, 0) is 35.5 Å². The van der Waals surface area contributed by atoms with Crippen LogP contribution in [0.4, 0.5) is 11.4 Å². The first-order chi connectivity index (χ1) is 15.6. The molecule has 3 aromatic rings. The van der Waals surface area contributed by atoms with Crippen LogP contribution in [0.25, 0.3) is 11.4 Å². The average molecular weight is 428 g/mol. The summed E-state index contributed by atoms with van der Waals surface area (Å²) in [4.78, 5) is 27.4. The van der Waals surface area contributed by atoms with Gasteiger partial charge in [-0.15, -0.1) is 14.8 Å². The monoisotopic (exact) mass is 428 g/mol. The third-order valence-corrected chi connectivity index (χ3v) is 6.00. The molecular weight excluding hydrogens is 410 g/mol. The zero-order valence-corrected chi connectivity index (χ0v) is 16.9. The van der Waals surface area contributed by atoms with Crippen LogP contribution in [-0.4, -0.2) is 55.9 Å². The van der Waals surface area contributed by atoms with Gasteiger partial charge >= 0.3 is 11.8 Å². The highest BCUT2D eigenvalue weighted by atomic mass is 16.5. The lowest BCUT2D eigenvalue weighted by atomic mass is 9.90. The largest absolute Gasteiger partial charge is 0.493 e. The number of aromatic nitrogens is 4. The van der Waals surface area contributed by atoms with Crippen LogP contribution in [0, 0.1) is 0 Å². The minimum atomic E-state index is -0.536. The highest BCUT2D eigenvalue weighted by Crippen LogP contribution is 2.38. The number of fused-ring (bicyclic) bond motifs is 2. The number of ether oxygens (including phenoxy) is 1. The van der Waals surface area contributed by atoms with Crippen LogP contribution in [0.2, 0.25) is 0 Å². The fourth-order valence-corrected chi connectivity index (χ4v) is 4.51. The number of anilines is 1. The molecule has 2 aromatic carbocycles. The second kappa shape index (κ2) is 6.84. The highest BCUT2D eigenvalue weighted by Gasteiger charge is 2.51. The van der Waals surface area contributed by atoms with Gasteiger partial charge < -0.3 is 15.4 Å². The van der Waals surface area contributed by atoms with Gasteiger partial charge in [0.15, 0.2) is 0 Å². The van der Waals surface area contributed by atoms with Gasteiger partial charge in [0.25, 0.3) is 11.4 Å². The van der Waals surface area contributed by atoms with Gasteiger partial charge in [-0.2, -0.15) is 5.21 Å². The lowest BCUT2D eigenvalue weighted by Gasteiger charge is -2.32. The number of nitrogens with two attached hydrogens (primary N) is 1. The SMILES string of the molecule is NC(=O)C1=C2CCN(c3ccc(-c4nn[nH]n4)cc3)C(=O)C2=[N+]1c1ccc2c(c1)CCO2. The summed E-state index contributed by atoms with van der Waals surface area (Å²) >= 11 is 0. The van der Waals surface area contributed by atoms with Crippen LogP contribution in [0.5, 0.6) is 5.75 Å². The number of carbonyl (C=O) groups is 2. The smallest absolute Gasteiger partial charge is 0.324 e. The Morgan fingerprint density at radius 1 is 1.16 bits per heavy atom. The van der Waals surface area contributed by atoms with Gasteiger partial charge in [0.05, 0.1) is 6.61 Å². The molecule has 1 aromatic heterocycles. The Morgan fingerprint density at radius 2 is 2.00 bits per heavy atom. The summed E-state index contributed by atoms with van der Waals surface area (Å²) in [6.45, 7) is 1.09. The molecule has 3 N–H and O–H groups in total. The van der Waals surface area contributed by atoms with Gasteiger partial charge in [-0.25, -0.2) is 0 Å². The average Bonchev–Trinajstić information content (AvgIpc) is 3.46. The van der Waals surface area contributed by atoms with Crippen LogP contribution in [0.3, 0.4) is 0 Å². The van der Waals surface area contributed by atoms with E-state index in [-0.39, 0.29) is 5.91 Å². The van der Waals surface area contributed by atoms with Crippen LogP contribution < -0.4 is 15.4 Å². The molecule has 1 saturated heterocycles. The van der Waals surface area contributed by atoms with Crippen molar-refractivity contribution in [1.29, 1.82) is 0 Å². The molecule has 3 aliphatic heterocycles. The molecule has 6 rings (SSSR count). The third-order valence-electron chi connectivity index (χ3n) is 6.00. The van der Waals surface area contributed by atoms with Crippen molar-refractivity contribution < 1.29 is 18.9 Å². The van der Waals surface area contributed by atoms with Gasteiger partial charge in [0.2, 0.25) is 11.5 Å². The number of rotatable bonds is 4. The fourth-order valence-electron chi connectivity index (χ4n) is 4.51. The lowest BCUT2D eigenvalue weighted by molar-refractivity contribution is -0.392. The molecule has 4 heterocycles. The van der Waals surface area contributed by atoms with E-state index < -0.39 is 5.91 Å². The highest BCUT2D eigenvalue weighted by molar-refractivity contribution is 6.50. The van der Waals surface area contributed by atoms with E-state index in [2.05, 4.69) is 20.6 Å². The normalized spacial score (nSPS) is 17.1. The quantitative estimate of drug-likeness (QED) is 0.598. The summed E-state index contributed by atoms with van der Waals surface area (Å²) in [6, 6.07) is 13.1. The maximum atomic E-state index is 13.5. The van der Waals surface area contributed by atoms with Crippen molar-refractivity contribution in [3.63, 3.8) is 0 Å². The van der Waals surface area contributed by atoms with Gasteiger partial charge in [-0.3, -0.25) is 9.59 Å². The number of benzene rings is 2. The molecular formula is C22H18N7O3+. The lowest BCUT2D eigenvalue weighted by Crippen LogP contribution is -2.52. The number of nitrogens with one attached hydrogen (secondary N) is 1. The number of aromatic amines is 1. The van der Waals surface area contributed by atoms with Gasteiger partial charge in [0, 0.05) is 48.3 Å². The van der Waals surface area contributed by atoms with E-state index >= 15 is 0 Å². The van der Waals surface area contributed by atoms with Crippen LogP contribution >= 0.6 is 0 Å². The molecule has 3 aliphatic rings. The van der Waals surface area contributed by atoms with Gasteiger partial charge in [0.1, 0.15) is 11.3 Å².